The maximum absolute atomic E-state index is 13.4. The van der Waals surface area contributed by atoms with Crippen molar-refractivity contribution in [3.8, 4) is 0 Å². The Kier molecular flexibility index (Phi) is 10.9. The summed E-state index contributed by atoms with van der Waals surface area (Å²) in [5, 5.41) is 3.87. The maximum Gasteiger partial charge on any atom is 0.255 e. The maximum atomic E-state index is 13.4. The topological polar surface area (TPSA) is 138 Å². The first-order valence-electron chi connectivity index (χ1n) is 12.5. The molecule has 0 aliphatic carbocycles. The lowest BCUT2D eigenvalue weighted by atomic mass is 10.1. The van der Waals surface area contributed by atoms with Crippen LogP contribution in [0.25, 0.3) is 0 Å². The summed E-state index contributed by atoms with van der Waals surface area (Å²) in [5.41, 5.74) is 3.26. The molecule has 0 fully saturated rings. The summed E-state index contributed by atoms with van der Waals surface area (Å²) in [6, 6.07) is 24.9. The summed E-state index contributed by atoms with van der Waals surface area (Å²) in [5.74, 6) is -0.0539. The number of halogens is 2. The number of amides is 1. The molecule has 0 saturated carbocycles. The van der Waals surface area contributed by atoms with Crippen LogP contribution in [0.5, 0.6) is 0 Å². The van der Waals surface area contributed by atoms with Crippen LogP contribution < -0.4 is 10.1 Å². The summed E-state index contributed by atoms with van der Waals surface area (Å²) < 4.78 is 62.3. The van der Waals surface area contributed by atoms with Crippen LogP contribution >= 0.6 is 31.9 Å². The van der Waals surface area contributed by atoms with Crippen molar-refractivity contribution in [2.24, 2.45) is 5.10 Å². The van der Waals surface area contributed by atoms with E-state index in [0.717, 1.165) is 18.8 Å². The largest absolute Gasteiger partial charge is 0.459 e. The van der Waals surface area contributed by atoms with Gasteiger partial charge in [0.05, 0.1) is 29.1 Å². The van der Waals surface area contributed by atoms with E-state index in [1.54, 1.807) is 36.4 Å². The van der Waals surface area contributed by atoms with Gasteiger partial charge in [-0.2, -0.15) is 9.41 Å². The first-order chi connectivity index (χ1) is 20.0. The number of carbonyl (C=O) groups is 1. The molecule has 0 unspecified atom stereocenters. The Hall–Kier alpha value is -3.14. The lowest BCUT2D eigenvalue weighted by Gasteiger charge is -2.21. The van der Waals surface area contributed by atoms with Crippen molar-refractivity contribution in [1.82, 2.24) is 14.5 Å². The number of nitrogens with one attached hydrogen (secondary N) is 2. The molecular weight excluding hydrogens is 712 g/mol. The number of rotatable bonds is 13. The minimum absolute atomic E-state index is 0.0638. The van der Waals surface area contributed by atoms with E-state index >= 15 is 0 Å². The Balaban J connectivity index is 1.36. The Morgan fingerprint density at radius 2 is 1.45 bits per heavy atom. The monoisotopic (exact) mass is 736 g/mol. The summed E-state index contributed by atoms with van der Waals surface area (Å²) >= 11 is 6.57. The van der Waals surface area contributed by atoms with E-state index in [1.165, 1.54) is 30.5 Å². The van der Waals surface area contributed by atoms with Gasteiger partial charge in [-0.15, -0.1) is 0 Å². The summed E-state index contributed by atoms with van der Waals surface area (Å²) in [7, 11) is -7.72. The molecule has 42 heavy (non-hydrogen) atoms. The van der Waals surface area contributed by atoms with E-state index in [0.29, 0.717) is 12.2 Å². The molecule has 0 aliphatic rings. The highest BCUT2D eigenvalue weighted by Gasteiger charge is 2.26. The lowest BCUT2D eigenvalue weighted by Crippen LogP contribution is -2.40. The van der Waals surface area contributed by atoms with Gasteiger partial charge in [-0.1, -0.05) is 62.2 Å². The molecule has 0 bridgehead atoms. The fourth-order valence-electron chi connectivity index (χ4n) is 3.72. The van der Waals surface area contributed by atoms with Gasteiger partial charge in [-0.3, -0.25) is 4.79 Å². The number of carbonyl (C=O) groups excluding carboxylic acids is 1. The number of furan rings is 1. The van der Waals surface area contributed by atoms with Crippen molar-refractivity contribution in [2.75, 3.05) is 13.1 Å². The van der Waals surface area contributed by atoms with Crippen molar-refractivity contribution < 1.29 is 26.0 Å². The molecule has 220 valence electrons. The van der Waals surface area contributed by atoms with Gasteiger partial charge >= 0.3 is 0 Å². The molecule has 0 radical (unpaired) electrons. The van der Waals surface area contributed by atoms with Gasteiger partial charge in [0, 0.05) is 15.5 Å². The van der Waals surface area contributed by atoms with Crippen LogP contribution in [0.1, 0.15) is 17.1 Å². The minimum Gasteiger partial charge on any atom is -0.459 e. The Morgan fingerprint density at radius 3 is 2.10 bits per heavy atom. The standard InChI is InChI=1S/C28H26Br2N4O6S2/c29-22-6-12-26(13-7-22)41(36,37)32-19-25-11-10-24(40-25)18-31-33-28(35)20-34(17-16-21-4-2-1-3-5-21)42(38,39)27-14-8-23(30)9-15-27/h1-15,18,32H,16-17,19-20H2,(H,33,35)/b31-18-. The number of hydrogen-bond acceptors (Lipinski definition) is 7. The molecule has 1 aromatic heterocycles. The number of nitrogens with zero attached hydrogens (tertiary/aromatic N) is 2. The first kappa shape index (κ1) is 31.8. The van der Waals surface area contributed by atoms with Crippen molar-refractivity contribution in [2.45, 2.75) is 22.8 Å². The van der Waals surface area contributed by atoms with Crippen LogP contribution in [0.4, 0.5) is 0 Å². The van der Waals surface area contributed by atoms with Crippen LogP contribution in [0.2, 0.25) is 0 Å². The highest BCUT2D eigenvalue weighted by atomic mass is 79.9. The predicted octanol–water partition coefficient (Wildman–Crippen LogP) is 4.67. The Labute approximate surface area is 261 Å². The molecule has 0 aliphatic heterocycles. The van der Waals surface area contributed by atoms with E-state index in [1.807, 2.05) is 30.3 Å². The molecule has 0 saturated heterocycles. The third-order valence-corrected chi connectivity index (χ3v) is 10.2. The van der Waals surface area contributed by atoms with Gasteiger partial charge in [0.15, 0.2) is 0 Å². The SMILES string of the molecule is O=C(CN(CCc1ccccc1)S(=O)(=O)c1ccc(Br)cc1)N/N=C\c1ccc(CNS(=O)(=O)c2ccc(Br)cc2)o1. The number of sulfonamides is 2. The number of hydrazone groups is 1. The molecule has 0 spiro atoms. The van der Waals surface area contributed by atoms with Crippen molar-refractivity contribution in [3.63, 3.8) is 0 Å². The lowest BCUT2D eigenvalue weighted by molar-refractivity contribution is -0.121. The third-order valence-electron chi connectivity index (χ3n) is 5.89. The van der Waals surface area contributed by atoms with Crippen LogP contribution in [0.15, 0.2) is 119 Å². The Morgan fingerprint density at radius 1 is 0.833 bits per heavy atom. The van der Waals surface area contributed by atoms with E-state index in [-0.39, 0.29) is 28.6 Å². The Bertz CT molecular complexity index is 1740. The average molecular weight is 738 g/mol. The highest BCUT2D eigenvalue weighted by Crippen LogP contribution is 2.20. The molecule has 10 nitrogen and oxygen atoms in total. The van der Waals surface area contributed by atoms with Crippen molar-refractivity contribution in [1.29, 1.82) is 0 Å². The van der Waals surface area contributed by atoms with Gasteiger partial charge in [-0.25, -0.2) is 27.0 Å². The predicted molar refractivity (Wildman–Crippen MR) is 166 cm³/mol. The zero-order valence-electron chi connectivity index (χ0n) is 22.0. The summed E-state index contributed by atoms with van der Waals surface area (Å²) in [6.45, 7) is -0.468. The highest BCUT2D eigenvalue weighted by molar-refractivity contribution is 9.10. The minimum atomic E-state index is -3.97. The molecule has 1 heterocycles. The fourth-order valence-corrected chi connectivity index (χ4v) is 6.64. The third kappa shape index (κ3) is 8.93. The first-order valence-corrected chi connectivity index (χ1v) is 17.0. The van der Waals surface area contributed by atoms with E-state index < -0.39 is 32.5 Å². The smallest absolute Gasteiger partial charge is 0.255 e. The van der Waals surface area contributed by atoms with Gasteiger partial charge in [0.2, 0.25) is 20.0 Å². The van der Waals surface area contributed by atoms with Crippen molar-refractivity contribution in [3.05, 3.63) is 117 Å². The average Bonchev–Trinajstić information content (AvgIpc) is 3.43. The number of benzene rings is 3. The van der Waals surface area contributed by atoms with Crippen LogP contribution in [0.3, 0.4) is 0 Å². The molecular formula is C28H26Br2N4O6S2. The van der Waals surface area contributed by atoms with E-state index in [4.69, 9.17) is 4.42 Å². The number of hydrogen-bond donors (Lipinski definition) is 2. The van der Waals surface area contributed by atoms with Crippen LogP contribution in [-0.2, 0) is 37.8 Å². The molecule has 4 aromatic rings. The second kappa shape index (κ2) is 14.4. The molecule has 14 heteroatoms. The van der Waals surface area contributed by atoms with Gasteiger partial charge < -0.3 is 4.42 Å². The van der Waals surface area contributed by atoms with Gasteiger partial charge in [0.1, 0.15) is 11.5 Å². The second-order valence-corrected chi connectivity index (χ2v) is 14.4. The quantitative estimate of drug-likeness (QED) is 0.151. The van der Waals surface area contributed by atoms with Gasteiger partial charge in [0.25, 0.3) is 5.91 Å². The van der Waals surface area contributed by atoms with Crippen molar-refractivity contribution >= 4 is 64.0 Å². The van der Waals surface area contributed by atoms with Crippen LogP contribution in [0, 0.1) is 0 Å². The molecule has 3 aromatic carbocycles. The van der Waals surface area contributed by atoms with E-state index in [9.17, 15) is 21.6 Å². The molecule has 1 amide bonds. The molecule has 4 rings (SSSR count). The van der Waals surface area contributed by atoms with Crippen LogP contribution in [-0.4, -0.2) is 46.4 Å². The fraction of sp³-hybridized carbons (Fsp3) is 0.143. The molecule has 0 atom stereocenters. The van der Waals surface area contributed by atoms with E-state index in [2.05, 4.69) is 47.1 Å². The second-order valence-electron chi connectivity index (χ2n) is 8.90. The zero-order valence-corrected chi connectivity index (χ0v) is 26.8. The summed E-state index contributed by atoms with van der Waals surface area (Å²) in [6.07, 6.45) is 1.65. The summed E-state index contributed by atoms with van der Waals surface area (Å²) in [4.78, 5) is 12.9. The van der Waals surface area contributed by atoms with Gasteiger partial charge in [-0.05, 0) is 72.6 Å². The molecule has 2 N–H and O–H groups in total. The zero-order chi connectivity index (χ0) is 30.2. The normalized spacial score (nSPS) is 12.2.